The van der Waals surface area contributed by atoms with Crippen LogP contribution in [0, 0.1) is 19.8 Å². The Morgan fingerprint density at radius 1 is 0.971 bits per heavy atom. The van der Waals surface area contributed by atoms with Crippen LogP contribution in [0.15, 0.2) is 36.4 Å². The van der Waals surface area contributed by atoms with Gasteiger partial charge in [-0.15, -0.1) is 0 Å². The molecule has 0 saturated heterocycles. The fraction of sp³-hybridized carbons (Fsp3) is 0.440. The lowest BCUT2D eigenvalue weighted by Crippen LogP contribution is -2.51. The third-order valence-electron chi connectivity index (χ3n) is 5.36. The van der Waals surface area contributed by atoms with Gasteiger partial charge < -0.3 is 10.2 Å². The van der Waals surface area contributed by atoms with Crippen molar-refractivity contribution in [2.24, 2.45) is 5.92 Å². The molecule has 0 aromatic heterocycles. The van der Waals surface area contributed by atoms with E-state index in [4.69, 9.17) is 23.2 Å². The molecule has 0 heterocycles. The summed E-state index contributed by atoms with van der Waals surface area (Å²) in [6.45, 7) is 9.33. The third-order valence-corrected chi connectivity index (χ3v) is 7.24. The quantitative estimate of drug-likeness (QED) is 0.477. The van der Waals surface area contributed by atoms with Crippen LogP contribution in [-0.4, -0.2) is 50.5 Å². The van der Waals surface area contributed by atoms with Crippen LogP contribution in [0.1, 0.15) is 37.5 Å². The molecule has 0 fully saturated rings. The summed E-state index contributed by atoms with van der Waals surface area (Å²) in [5.41, 5.74) is 2.80. The zero-order valence-corrected chi connectivity index (χ0v) is 23.3. The number of halogens is 2. The summed E-state index contributed by atoms with van der Waals surface area (Å²) in [6.07, 6.45) is 1.06. The van der Waals surface area contributed by atoms with Crippen molar-refractivity contribution in [3.05, 3.63) is 63.1 Å². The molecule has 0 aliphatic rings. The highest BCUT2D eigenvalue weighted by atomic mass is 35.5. The first-order valence-corrected chi connectivity index (χ1v) is 13.9. The largest absolute Gasteiger partial charge is 0.354 e. The maximum Gasteiger partial charge on any atom is 0.244 e. The molecule has 0 saturated carbocycles. The highest BCUT2D eigenvalue weighted by Crippen LogP contribution is 2.25. The van der Waals surface area contributed by atoms with Crippen molar-refractivity contribution in [2.75, 3.05) is 23.7 Å². The molecule has 192 valence electrons. The van der Waals surface area contributed by atoms with Gasteiger partial charge in [0, 0.05) is 13.1 Å². The van der Waals surface area contributed by atoms with E-state index in [2.05, 4.69) is 5.32 Å². The Hall–Kier alpha value is -2.29. The lowest BCUT2D eigenvalue weighted by Gasteiger charge is -2.32. The molecule has 2 rings (SSSR count). The number of hydrogen-bond acceptors (Lipinski definition) is 4. The van der Waals surface area contributed by atoms with Crippen molar-refractivity contribution in [3.63, 3.8) is 0 Å². The second-order valence-electron chi connectivity index (χ2n) is 9.20. The highest BCUT2D eigenvalue weighted by Gasteiger charge is 2.30. The van der Waals surface area contributed by atoms with Gasteiger partial charge in [-0.05, 0) is 67.6 Å². The Kier molecular flexibility index (Phi) is 10.0. The van der Waals surface area contributed by atoms with Crippen molar-refractivity contribution in [1.29, 1.82) is 0 Å². The van der Waals surface area contributed by atoms with E-state index in [1.807, 2.05) is 33.8 Å². The van der Waals surface area contributed by atoms with Gasteiger partial charge in [-0.25, -0.2) is 8.42 Å². The summed E-state index contributed by atoms with van der Waals surface area (Å²) < 4.78 is 26.4. The van der Waals surface area contributed by atoms with Crippen LogP contribution in [0.4, 0.5) is 5.69 Å². The van der Waals surface area contributed by atoms with Crippen molar-refractivity contribution < 1.29 is 18.0 Å². The average molecular weight is 543 g/mol. The van der Waals surface area contributed by atoms with Gasteiger partial charge in [0.1, 0.15) is 12.6 Å². The molecule has 0 aliphatic carbocycles. The predicted octanol–water partition coefficient (Wildman–Crippen LogP) is 4.57. The van der Waals surface area contributed by atoms with Crippen LogP contribution in [0.25, 0.3) is 0 Å². The van der Waals surface area contributed by atoms with Crippen LogP contribution in [0.2, 0.25) is 10.0 Å². The Morgan fingerprint density at radius 2 is 1.57 bits per heavy atom. The molecule has 2 aromatic carbocycles. The number of anilines is 1. The number of rotatable bonds is 10. The number of carbonyl (C=O) groups excluding carboxylic acids is 2. The molecule has 35 heavy (non-hydrogen) atoms. The van der Waals surface area contributed by atoms with E-state index in [1.54, 1.807) is 37.3 Å². The maximum absolute atomic E-state index is 13.6. The van der Waals surface area contributed by atoms with E-state index >= 15 is 0 Å². The number of benzene rings is 2. The lowest BCUT2D eigenvalue weighted by molar-refractivity contribution is -0.139. The Bertz CT molecular complexity index is 1160. The minimum Gasteiger partial charge on any atom is -0.354 e. The van der Waals surface area contributed by atoms with Gasteiger partial charge in [0.05, 0.1) is 22.0 Å². The predicted molar refractivity (Wildman–Crippen MR) is 142 cm³/mol. The molecule has 2 aromatic rings. The van der Waals surface area contributed by atoms with Gasteiger partial charge in [-0.3, -0.25) is 13.9 Å². The zero-order chi connectivity index (χ0) is 26.5. The van der Waals surface area contributed by atoms with Crippen molar-refractivity contribution in [1.82, 2.24) is 10.2 Å². The van der Waals surface area contributed by atoms with Crippen molar-refractivity contribution >= 4 is 50.7 Å². The number of amides is 2. The molecule has 0 radical (unpaired) electrons. The molecule has 7 nitrogen and oxygen atoms in total. The second kappa shape index (κ2) is 12.1. The van der Waals surface area contributed by atoms with E-state index in [0.29, 0.717) is 27.8 Å². The molecule has 0 aliphatic heterocycles. The minimum absolute atomic E-state index is 0.0520. The van der Waals surface area contributed by atoms with Crippen molar-refractivity contribution in [3.8, 4) is 0 Å². The number of nitrogens with one attached hydrogen (secondary N) is 1. The zero-order valence-electron chi connectivity index (χ0n) is 20.9. The number of hydrogen-bond donors (Lipinski definition) is 1. The Morgan fingerprint density at radius 3 is 2.09 bits per heavy atom. The molecule has 0 bridgehead atoms. The summed E-state index contributed by atoms with van der Waals surface area (Å²) in [7, 11) is -3.79. The maximum atomic E-state index is 13.6. The fourth-order valence-corrected chi connectivity index (χ4v) is 4.73. The highest BCUT2D eigenvalue weighted by molar-refractivity contribution is 7.92. The van der Waals surface area contributed by atoms with Gasteiger partial charge >= 0.3 is 0 Å². The summed E-state index contributed by atoms with van der Waals surface area (Å²) in [5.74, 6) is -0.618. The molecule has 1 N–H and O–H groups in total. The molecule has 0 spiro atoms. The van der Waals surface area contributed by atoms with Gasteiger partial charge in [0.2, 0.25) is 21.8 Å². The second-order valence-corrected chi connectivity index (χ2v) is 11.9. The van der Waals surface area contributed by atoms with Gasteiger partial charge in [-0.2, -0.15) is 0 Å². The molecule has 0 unspecified atom stereocenters. The van der Waals surface area contributed by atoms with E-state index in [1.165, 1.54) is 4.90 Å². The smallest absolute Gasteiger partial charge is 0.244 e. The van der Waals surface area contributed by atoms with Gasteiger partial charge in [0.25, 0.3) is 0 Å². The third kappa shape index (κ3) is 8.40. The van der Waals surface area contributed by atoms with E-state index in [9.17, 15) is 18.0 Å². The minimum atomic E-state index is -3.79. The fourth-order valence-electron chi connectivity index (χ4n) is 3.58. The number of nitrogens with zero attached hydrogens (tertiary/aromatic N) is 2. The summed E-state index contributed by atoms with van der Waals surface area (Å²) in [6, 6.07) is 9.45. The van der Waals surface area contributed by atoms with Crippen LogP contribution in [-0.2, 0) is 26.2 Å². The number of carbonyl (C=O) groups is 2. The van der Waals surface area contributed by atoms with Gasteiger partial charge in [0.15, 0.2) is 0 Å². The molecular formula is C25H33Cl2N3O4S. The van der Waals surface area contributed by atoms with Gasteiger partial charge in [-0.1, -0.05) is 49.2 Å². The van der Waals surface area contributed by atoms with Crippen LogP contribution < -0.4 is 9.62 Å². The monoisotopic (exact) mass is 541 g/mol. The number of sulfonamides is 1. The SMILES string of the molecule is Cc1cc(C)cc(N(CC(=O)N(Cc2ccc(Cl)c(Cl)c2)[C@H](C)C(=O)NCC(C)C)S(C)(=O)=O)c1. The number of aryl methyl sites for hydroxylation is 2. The normalized spacial score (nSPS) is 12.4. The van der Waals surface area contributed by atoms with E-state index < -0.39 is 28.5 Å². The Labute approximate surface area is 218 Å². The standard InChI is InChI=1S/C25H33Cl2N3O4S/c1-16(2)13-28-25(32)19(5)29(14-20-7-8-22(26)23(27)12-20)24(31)15-30(35(6,33)34)21-10-17(3)9-18(4)11-21/h7-12,16,19H,13-15H2,1-6H3,(H,28,32)/t19-/m1/s1. The summed E-state index contributed by atoms with van der Waals surface area (Å²) in [4.78, 5) is 27.8. The van der Waals surface area contributed by atoms with Crippen LogP contribution in [0.5, 0.6) is 0 Å². The summed E-state index contributed by atoms with van der Waals surface area (Å²) >= 11 is 12.2. The Balaban J connectivity index is 2.42. The molecule has 2 amide bonds. The molecular weight excluding hydrogens is 509 g/mol. The first-order valence-electron chi connectivity index (χ1n) is 11.3. The van der Waals surface area contributed by atoms with E-state index in [0.717, 1.165) is 21.7 Å². The van der Waals surface area contributed by atoms with Crippen LogP contribution in [0.3, 0.4) is 0 Å². The van der Waals surface area contributed by atoms with Crippen LogP contribution >= 0.6 is 23.2 Å². The molecule has 10 heteroatoms. The average Bonchev–Trinajstić information content (AvgIpc) is 2.74. The topological polar surface area (TPSA) is 86.8 Å². The first-order chi connectivity index (χ1) is 16.2. The molecule has 1 atom stereocenters. The van der Waals surface area contributed by atoms with Crippen molar-refractivity contribution in [2.45, 2.75) is 47.2 Å². The lowest BCUT2D eigenvalue weighted by atomic mass is 10.1. The van der Waals surface area contributed by atoms with E-state index in [-0.39, 0.29) is 18.4 Å². The first kappa shape index (κ1) is 28.9. The summed E-state index contributed by atoms with van der Waals surface area (Å²) in [5, 5.41) is 3.53.